The van der Waals surface area contributed by atoms with Gasteiger partial charge in [0.15, 0.2) is 0 Å². The fourth-order valence-electron chi connectivity index (χ4n) is 7.73. The first kappa shape index (κ1) is 21.0. The van der Waals surface area contributed by atoms with E-state index in [-0.39, 0.29) is 12.2 Å². The molecule has 0 spiro atoms. The Labute approximate surface area is 200 Å². The van der Waals surface area contributed by atoms with Crippen molar-refractivity contribution >= 4 is 64.8 Å². The van der Waals surface area contributed by atoms with E-state index in [1.807, 2.05) is 0 Å². The van der Waals surface area contributed by atoms with E-state index in [0.717, 1.165) is 0 Å². The standard InChI is InChI=1S/C26H32O3Si4/c1-30(2)23-19-20(22-18-14-16-12-10-9-11-15(16)13-17(18)21(19)27-22)24-26(25(23)32(5,6)28-30)33(7,8)29-31(24,3)4/h9-14,21-22H,1-8H3/t21-,22+. The predicted molar refractivity (Wildman–Crippen MR) is 146 cm³/mol. The maximum atomic E-state index is 7.09. The largest absolute Gasteiger partial charge is 0.449 e. The second-order valence-electron chi connectivity index (χ2n) is 12.3. The summed E-state index contributed by atoms with van der Waals surface area (Å²) in [5.74, 6) is 0. The van der Waals surface area contributed by atoms with Crippen LogP contribution in [0.5, 0.6) is 0 Å². The highest BCUT2D eigenvalue weighted by molar-refractivity contribution is 7.14. The van der Waals surface area contributed by atoms with Gasteiger partial charge in [-0.15, -0.1) is 0 Å². The molecule has 0 aliphatic carbocycles. The van der Waals surface area contributed by atoms with Crippen LogP contribution in [0.15, 0.2) is 36.4 Å². The highest BCUT2D eigenvalue weighted by Gasteiger charge is 2.61. The average Bonchev–Trinajstić information content (AvgIpc) is 3.35. The summed E-state index contributed by atoms with van der Waals surface area (Å²) in [4.78, 5) is 0. The molecule has 3 nitrogen and oxygen atoms in total. The Balaban J connectivity index is 1.63. The SMILES string of the molecule is C[Si]1(C)O[Si](C)(C)c2c1c1c(c3c2[Si](C)(C)O[Si]3(C)C)[C@H]2O[C@@H]1c1cc3ccccc3cc12. The van der Waals surface area contributed by atoms with Gasteiger partial charge in [-0.25, -0.2) is 0 Å². The lowest BCUT2D eigenvalue weighted by atomic mass is 9.84. The third kappa shape index (κ3) is 2.44. The maximum absolute atomic E-state index is 7.09. The lowest BCUT2D eigenvalue weighted by molar-refractivity contribution is 0.0863. The van der Waals surface area contributed by atoms with Crippen molar-refractivity contribution in [2.75, 3.05) is 0 Å². The second kappa shape index (κ2) is 5.89. The Morgan fingerprint density at radius 3 is 1.30 bits per heavy atom. The Morgan fingerprint density at radius 2 is 0.909 bits per heavy atom. The number of benzene rings is 3. The molecule has 0 unspecified atom stereocenters. The van der Waals surface area contributed by atoms with Crippen LogP contribution in [0, 0.1) is 0 Å². The normalized spacial score (nSPS) is 28.0. The zero-order chi connectivity index (χ0) is 23.3. The molecule has 7 rings (SSSR count). The number of hydrogen-bond acceptors (Lipinski definition) is 3. The summed E-state index contributed by atoms with van der Waals surface area (Å²) in [5.41, 5.74) is 5.73. The highest BCUT2D eigenvalue weighted by atomic mass is 28.4. The van der Waals surface area contributed by atoms with Crippen LogP contribution in [0.4, 0.5) is 0 Å². The topological polar surface area (TPSA) is 27.7 Å². The van der Waals surface area contributed by atoms with Gasteiger partial charge in [-0.2, -0.15) is 0 Å². The smallest absolute Gasteiger partial charge is 0.206 e. The molecule has 3 aromatic rings. The Kier molecular flexibility index (Phi) is 3.75. The molecule has 4 heterocycles. The summed E-state index contributed by atoms with van der Waals surface area (Å²) < 4.78 is 21.1. The van der Waals surface area contributed by atoms with Gasteiger partial charge in [-0.05, 0) is 118 Å². The van der Waals surface area contributed by atoms with Crippen molar-refractivity contribution in [3.05, 3.63) is 58.7 Å². The third-order valence-corrected chi connectivity index (χ3v) is 24.1. The molecular weight excluding hydrogens is 473 g/mol. The number of rotatable bonds is 0. The molecule has 7 heteroatoms. The van der Waals surface area contributed by atoms with Crippen molar-refractivity contribution in [2.45, 2.75) is 64.6 Å². The molecule has 2 bridgehead atoms. The third-order valence-electron chi connectivity index (χ3n) is 8.32. The van der Waals surface area contributed by atoms with Crippen molar-refractivity contribution in [3.8, 4) is 0 Å². The summed E-state index contributed by atoms with van der Waals surface area (Å²) in [7, 11) is -8.16. The molecule has 2 atom stereocenters. The number of ether oxygens (including phenoxy) is 1. The molecular formula is C26H32O3Si4. The minimum atomic E-state index is -2.05. The van der Waals surface area contributed by atoms with E-state index in [0.29, 0.717) is 0 Å². The van der Waals surface area contributed by atoms with Crippen molar-refractivity contribution in [1.82, 2.24) is 0 Å². The number of hydrogen-bond donors (Lipinski definition) is 0. The molecule has 0 aromatic heterocycles. The minimum Gasteiger partial charge on any atom is -0.449 e. The molecule has 0 N–H and O–H groups in total. The molecule has 0 saturated carbocycles. The fourth-order valence-corrected chi connectivity index (χ4v) is 31.4. The lowest BCUT2D eigenvalue weighted by Crippen LogP contribution is -2.65. The van der Waals surface area contributed by atoms with Crippen LogP contribution in [0.3, 0.4) is 0 Å². The average molecular weight is 505 g/mol. The van der Waals surface area contributed by atoms with Crippen molar-refractivity contribution in [3.63, 3.8) is 0 Å². The molecule has 0 fully saturated rings. The van der Waals surface area contributed by atoms with Crippen LogP contribution in [-0.2, 0) is 13.0 Å². The van der Waals surface area contributed by atoms with Gasteiger partial charge in [0.25, 0.3) is 0 Å². The maximum Gasteiger partial charge on any atom is 0.206 e. The van der Waals surface area contributed by atoms with E-state index in [9.17, 15) is 0 Å². The van der Waals surface area contributed by atoms with E-state index in [1.54, 1.807) is 20.7 Å². The van der Waals surface area contributed by atoms with Crippen LogP contribution >= 0.6 is 0 Å². The van der Waals surface area contributed by atoms with Gasteiger partial charge in [0.1, 0.15) is 12.2 Å². The molecule has 4 aliphatic rings. The zero-order valence-corrected chi connectivity index (χ0v) is 24.8. The van der Waals surface area contributed by atoms with Crippen LogP contribution < -0.4 is 20.7 Å². The minimum absolute atomic E-state index is 0.0390. The molecule has 0 saturated heterocycles. The van der Waals surface area contributed by atoms with Crippen molar-refractivity contribution in [1.29, 1.82) is 0 Å². The van der Waals surface area contributed by atoms with Crippen molar-refractivity contribution in [2.24, 2.45) is 0 Å². The van der Waals surface area contributed by atoms with Gasteiger partial charge >= 0.3 is 0 Å². The van der Waals surface area contributed by atoms with Crippen LogP contribution in [-0.4, -0.2) is 33.3 Å². The van der Waals surface area contributed by atoms with Gasteiger partial charge in [0.2, 0.25) is 33.3 Å². The molecule has 4 aliphatic heterocycles. The first-order chi connectivity index (χ1) is 15.3. The Morgan fingerprint density at radius 1 is 0.545 bits per heavy atom. The first-order valence-electron chi connectivity index (χ1n) is 12.2. The Bertz CT molecular complexity index is 1320. The highest BCUT2D eigenvalue weighted by Crippen LogP contribution is 2.55. The lowest BCUT2D eigenvalue weighted by Gasteiger charge is -2.29. The molecule has 0 radical (unpaired) electrons. The second-order valence-corrected chi connectivity index (χ2v) is 28.0. The van der Waals surface area contributed by atoms with Gasteiger partial charge in [-0.1, -0.05) is 24.3 Å². The quantitative estimate of drug-likeness (QED) is 0.432. The van der Waals surface area contributed by atoms with Gasteiger partial charge < -0.3 is 13.0 Å². The van der Waals surface area contributed by atoms with Crippen LogP contribution in [0.1, 0.15) is 34.5 Å². The van der Waals surface area contributed by atoms with Gasteiger partial charge in [0, 0.05) is 0 Å². The van der Waals surface area contributed by atoms with Gasteiger partial charge in [-0.3, -0.25) is 0 Å². The zero-order valence-electron chi connectivity index (χ0n) is 20.8. The summed E-state index contributed by atoms with van der Waals surface area (Å²) in [6.07, 6.45) is 0.0780. The summed E-state index contributed by atoms with van der Waals surface area (Å²) in [6, 6.07) is 13.5. The van der Waals surface area contributed by atoms with E-state index in [1.165, 1.54) is 33.0 Å². The summed E-state index contributed by atoms with van der Waals surface area (Å²) >= 11 is 0. The van der Waals surface area contributed by atoms with Crippen molar-refractivity contribution < 1.29 is 13.0 Å². The molecule has 0 amide bonds. The predicted octanol–water partition coefficient (Wildman–Crippen LogP) is 4.07. The van der Waals surface area contributed by atoms with E-state index >= 15 is 0 Å². The van der Waals surface area contributed by atoms with E-state index in [4.69, 9.17) is 13.0 Å². The fraction of sp³-hybridized carbons (Fsp3) is 0.385. The summed E-state index contributed by atoms with van der Waals surface area (Å²) in [5, 5.41) is 8.99. The molecule has 3 aromatic carbocycles. The van der Waals surface area contributed by atoms with Gasteiger partial charge in [0.05, 0.1) is 0 Å². The summed E-state index contributed by atoms with van der Waals surface area (Å²) in [6.45, 7) is 19.4. The first-order valence-corrected chi connectivity index (χ1v) is 23.8. The van der Waals surface area contributed by atoms with Crippen LogP contribution in [0.2, 0.25) is 52.4 Å². The Hall–Kier alpha value is -1.33. The monoisotopic (exact) mass is 504 g/mol. The number of fused-ring (bicyclic) bond motifs is 14. The van der Waals surface area contributed by atoms with Crippen LogP contribution in [0.25, 0.3) is 10.8 Å². The molecule has 33 heavy (non-hydrogen) atoms. The molecule has 170 valence electrons. The van der Waals surface area contributed by atoms with E-state index in [2.05, 4.69) is 88.8 Å². The van der Waals surface area contributed by atoms with E-state index < -0.39 is 33.3 Å².